The van der Waals surface area contributed by atoms with Gasteiger partial charge < -0.3 is 0 Å². The molecule has 0 heterocycles. The zero-order chi connectivity index (χ0) is 10.7. The van der Waals surface area contributed by atoms with Gasteiger partial charge in [0.2, 0.25) is 0 Å². The summed E-state index contributed by atoms with van der Waals surface area (Å²) in [5.41, 5.74) is 2.50. The summed E-state index contributed by atoms with van der Waals surface area (Å²) in [6, 6.07) is 5.47. The lowest BCUT2D eigenvalue weighted by atomic mass is 10.0. The number of hydrogen-bond acceptors (Lipinski definition) is 1. The Morgan fingerprint density at radius 1 is 1.36 bits per heavy atom. The highest BCUT2D eigenvalue weighted by atomic mass is 35.5. The maximum absolute atomic E-state index is 11.7. The number of carbonyl (C=O) groups excluding carboxylic acids is 1. The van der Waals surface area contributed by atoms with Gasteiger partial charge in [-0.05, 0) is 38.5 Å². The van der Waals surface area contributed by atoms with Crippen molar-refractivity contribution in [2.75, 3.05) is 0 Å². The van der Waals surface area contributed by atoms with Gasteiger partial charge in [-0.1, -0.05) is 29.3 Å². The molecule has 1 rings (SSSR count). The van der Waals surface area contributed by atoms with E-state index >= 15 is 0 Å². The quantitative estimate of drug-likeness (QED) is 0.534. The fourth-order valence-electron chi connectivity index (χ4n) is 1.28. The van der Waals surface area contributed by atoms with E-state index < -0.39 is 0 Å². The summed E-state index contributed by atoms with van der Waals surface area (Å²) in [7, 11) is 0. The predicted octanol–water partition coefficient (Wildman–Crippen LogP) is 3.80. The molecule has 1 nitrogen and oxygen atoms in total. The molecule has 0 saturated heterocycles. The monoisotopic (exact) mass is 208 g/mol. The molecule has 0 aliphatic heterocycles. The van der Waals surface area contributed by atoms with Crippen LogP contribution in [0.2, 0.25) is 5.02 Å². The molecule has 0 amide bonds. The van der Waals surface area contributed by atoms with Crippen molar-refractivity contribution in [2.45, 2.75) is 20.8 Å². The molecule has 1 aromatic carbocycles. The minimum absolute atomic E-state index is 0.0203. The first-order valence-corrected chi connectivity index (χ1v) is 4.84. The predicted molar refractivity (Wildman–Crippen MR) is 60.0 cm³/mol. The molecule has 0 atom stereocenters. The van der Waals surface area contributed by atoms with E-state index in [0.717, 1.165) is 11.1 Å². The zero-order valence-corrected chi connectivity index (χ0v) is 9.35. The van der Waals surface area contributed by atoms with E-state index in [2.05, 4.69) is 0 Å². The summed E-state index contributed by atoms with van der Waals surface area (Å²) < 4.78 is 0. The summed E-state index contributed by atoms with van der Waals surface area (Å²) in [5, 5.41) is 0.521. The molecule has 1 aromatic rings. The normalized spacial score (nSPS) is 9.71. The number of ketones is 1. The first-order valence-electron chi connectivity index (χ1n) is 4.46. The largest absolute Gasteiger partial charge is 0.289 e. The van der Waals surface area contributed by atoms with Crippen LogP contribution in [-0.4, -0.2) is 5.78 Å². The zero-order valence-electron chi connectivity index (χ0n) is 8.60. The van der Waals surface area contributed by atoms with E-state index in [1.807, 2.05) is 32.9 Å². The van der Waals surface area contributed by atoms with Gasteiger partial charge in [0.05, 0.1) is 5.02 Å². The Kier molecular flexibility index (Phi) is 3.48. The number of carbonyl (C=O) groups is 1. The Hall–Kier alpha value is -1.08. The highest BCUT2D eigenvalue weighted by Gasteiger charge is 2.09. The van der Waals surface area contributed by atoms with Crippen molar-refractivity contribution >= 4 is 17.4 Å². The van der Waals surface area contributed by atoms with E-state index in [-0.39, 0.29) is 5.78 Å². The first kappa shape index (κ1) is 11.0. The number of benzene rings is 1. The standard InChI is InChI=1S/C12H13ClO/c1-8(2)7-11(14)12-9(3)5-4-6-10(12)13/h4-7H,1-3H3. The highest BCUT2D eigenvalue weighted by molar-refractivity contribution is 6.34. The van der Waals surface area contributed by atoms with Crippen molar-refractivity contribution in [1.29, 1.82) is 0 Å². The van der Waals surface area contributed by atoms with Crippen LogP contribution in [-0.2, 0) is 0 Å². The lowest BCUT2D eigenvalue weighted by molar-refractivity contribution is 0.104. The van der Waals surface area contributed by atoms with Crippen LogP contribution in [0.25, 0.3) is 0 Å². The minimum Gasteiger partial charge on any atom is -0.289 e. The summed E-state index contributed by atoms with van der Waals surface area (Å²) >= 11 is 5.96. The molecule has 0 fully saturated rings. The molecule has 0 unspecified atom stereocenters. The lowest BCUT2D eigenvalue weighted by Crippen LogP contribution is -1.99. The first-order chi connectivity index (χ1) is 6.52. The van der Waals surface area contributed by atoms with Gasteiger partial charge in [0.25, 0.3) is 0 Å². The maximum Gasteiger partial charge on any atom is 0.187 e. The Bertz CT molecular complexity index is 367. The van der Waals surface area contributed by atoms with Gasteiger partial charge in [-0.25, -0.2) is 0 Å². The molecule has 0 aliphatic carbocycles. The second-order valence-corrected chi connectivity index (χ2v) is 3.92. The second-order valence-electron chi connectivity index (χ2n) is 3.52. The van der Waals surface area contributed by atoms with Crippen molar-refractivity contribution < 1.29 is 4.79 Å². The number of hydrogen-bond donors (Lipinski definition) is 0. The van der Waals surface area contributed by atoms with Gasteiger partial charge >= 0.3 is 0 Å². The van der Waals surface area contributed by atoms with Gasteiger partial charge in [-0.15, -0.1) is 0 Å². The molecule has 0 aliphatic rings. The Labute approximate surface area is 89.4 Å². The fraction of sp³-hybridized carbons (Fsp3) is 0.250. The Morgan fingerprint density at radius 3 is 2.50 bits per heavy atom. The average Bonchev–Trinajstić information content (AvgIpc) is 2.01. The topological polar surface area (TPSA) is 17.1 Å². The van der Waals surface area contributed by atoms with Crippen LogP contribution in [0.4, 0.5) is 0 Å². The van der Waals surface area contributed by atoms with Crippen LogP contribution in [0.5, 0.6) is 0 Å². The van der Waals surface area contributed by atoms with Crippen LogP contribution in [0.3, 0.4) is 0 Å². The SMILES string of the molecule is CC(C)=CC(=O)c1c(C)cccc1Cl. The molecule has 74 valence electrons. The van der Waals surface area contributed by atoms with Crippen LogP contribution in [0.15, 0.2) is 29.8 Å². The van der Waals surface area contributed by atoms with Gasteiger partial charge in [0.15, 0.2) is 5.78 Å². The third kappa shape index (κ3) is 2.46. The highest BCUT2D eigenvalue weighted by Crippen LogP contribution is 2.20. The molecule has 0 bridgehead atoms. The Morgan fingerprint density at radius 2 is 2.00 bits per heavy atom. The molecule has 0 aromatic heterocycles. The van der Waals surface area contributed by atoms with Crippen molar-refractivity contribution in [3.63, 3.8) is 0 Å². The van der Waals surface area contributed by atoms with Gasteiger partial charge in [0, 0.05) is 5.56 Å². The third-order valence-corrected chi connectivity index (χ3v) is 2.20. The summed E-state index contributed by atoms with van der Waals surface area (Å²) in [5.74, 6) is -0.0203. The number of aryl methyl sites for hydroxylation is 1. The van der Waals surface area contributed by atoms with Crippen LogP contribution < -0.4 is 0 Å². The molecular formula is C12H13ClO. The van der Waals surface area contributed by atoms with Crippen LogP contribution in [0, 0.1) is 6.92 Å². The van der Waals surface area contributed by atoms with E-state index in [0.29, 0.717) is 10.6 Å². The molecule has 0 N–H and O–H groups in total. The minimum atomic E-state index is -0.0203. The van der Waals surface area contributed by atoms with Crippen LogP contribution in [0.1, 0.15) is 29.8 Å². The maximum atomic E-state index is 11.7. The molecule has 2 heteroatoms. The van der Waals surface area contributed by atoms with E-state index in [4.69, 9.17) is 11.6 Å². The lowest BCUT2D eigenvalue weighted by Gasteiger charge is -2.04. The molecular weight excluding hydrogens is 196 g/mol. The number of rotatable bonds is 2. The number of halogens is 1. The molecule has 0 spiro atoms. The molecule has 0 radical (unpaired) electrons. The van der Waals surface area contributed by atoms with E-state index in [9.17, 15) is 4.79 Å². The second kappa shape index (κ2) is 4.43. The smallest absolute Gasteiger partial charge is 0.187 e. The van der Waals surface area contributed by atoms with E-state index in [1.165, 1.54) is 0 Å². The van der Waals surface area contributed by atoms with Gasteiger partial charge in [0.1, 0.15) is 0 Å². The van der Waals surface area contributed by atoms with Crippen molar-refractivity contribution in [2.24, 2.45) is 0 Å². The van der Waals surface area contributed by atoms with Crippen LogP contribution >= 0.6 is 11.6 Å². The summed E-state index contributed by atoms with van der Waals surface area (Å²) in [6.45, 7) is 5.67. The van der Waals surface area contributed by atoms with E-state index in [1.54, 1.807) is 12.1 Å². The number of allylic oxidation sites excluding steroid dienone is 2. The van der Waals surface area contributed by atoms with Gasteiger partial charge in [-0.2, -0.15) is 0 Å². The summed E-state index contributed by atoms with van der Waals surface area (Å²) in [4.78, 5) is 11.7. The van der Waals surface area contributed by atoms with Gasteiger partial charge in [-0.3, -0.25) is 4.79 Å². The molecule has 14 heavy (non-hydrogen) atoms. The van der Waals surface area contributed by atoms with Crippen molar-refractivity contribution in [3.05, 3.63) is 46.0 Å². The summed E-state index contributed by atoms with van der Waals surface area (Å²) in [6.07, 6.45) is 1.61. The molecule has 0 saturated carbocycles. The van der Waals surface area contributed by atoms with Crippen molar-refractivity contribution in [3.8, 4) is 0 Å². The van der Waals surface area contributed by atoms with Crippen molar-refractivity contribution in [1.82, 2.24) is 0 Å². The Balaban J connectivity index is 3.19. The fourth-order valence-corrected chi connectivity index (χ4v) is 1.59. The average molecular weight is 209 g/mol. The third-order valence-electron chi connectivity index (χ3n) is 1.89.